The molecule has 0 unspecified atom stereocenters. The van der Waals surface area contributed by atoms with Crippen LogP contribution in [0.15, 0.2) is 255 Å². The van der Waals surface area contributed by atoms with Gasteiger partial charge < -0.3 is 14.5 Å². The molecule has 14 rings (SSSR count). The van der Waals surface area contributed by atoms with Crippen LogP contribution in [-0.4, -0.2) is 9.55 Å². The minimum absolute atomic E-state index is 0.133. The highest BCUT2D eigenvalue weighted by atomic mass is 15.1. The summed E-state index contributed by atoms with van der Waals surface area (Å²) in [4.78, 5) is 6.19. The lowest BCUT2D eigenvalue weighted by Crippen LogP contribution is -2.16. The molecule has 0 atom stereocenters. The highest BCUT2D eigenvalue weighted by Crippen LogP contribution is 2.54. The van der Waals surface area contributed by atoms with Gasteiger partial charge in [0.1, 0.15) is 0 Å². The Hall–Kier alpha value is -9.18. The van der Waals surface area contributed by atoms with Gasteiger partial charge in [-0.1, -0.05) is 196 Å². The normalized spacial score (nSPS) is 12.7. The number of benzene rings is 11. The number of hydrogen-bond acceptors (Lipinski definition) is 1. The average Bonchev–Trinajstić information content (AvgIpc) is 4.07. The zero-order chi connectivity index (χ0) is 47.9. The maximum atomic E-state index is 3.73. The van der Waals surface area contributed by atoms with Crippen molar-refractivity contribution in [2.45, 2.75) is 19.3 Å². The Labute approximate surface area is 419 Å². The van der Waals surface area contributed by atoms with Crippen molar-refractivity contribution < 1.29 is 0 Å². The van der Waals surface area contributed by atoms with Gasteiger partial charge >= 0.3 is 0 Å². The fourth-order valence-corrected chi connectivity index (χ4v) is 11.9. The van der Waals surface area contributed by atoms with Crippen molar-refractivity contribution in [3.63, 3.8) is 0 Å². The first-order valence-electron chi connectivity index (χ1n) is 25.0. The van der Waals surface area contributed by atoms with Crippen molar-refractivity contribution >= 4 is 60.7 Å². The van der Waals surface area contributed by atoms with Gasteiger partial charge in [0.15, 0.2) is 0 Å². The molecular formula is C69H49N3. The largest absolute Gasteiger partial charge is 0.354 e. The van der Waals surface area contributed by atoms with E-state index in [-0.39, 0.29) is 5.41 Å². The number of fused-ring (bicyclic) bond motifs is 9. The van der Waals surface area contributed by atoms with Crippen molar-refractivity contribution in [1.82, 2.24) is 9.55 Å². The smallest absolute Gasteiger partial charge is 0.0619 e. The van der Waals surface area contributed by atoms with Crippen molar-refractivity contribution in [3.05, 3.63) is 266 Å². The molecule has 3 heteroatoms. The zero-order valence-electron chi connectivity index (χ0n) is 40.1. The van der Waals surface area contributed by atoms with E-state index in [2.05, 4.69) is 283 Å². The van der Waals surface area contributed by atoms with Crippen molar-refractivity contribution in [1.29, 1.82) is 0 Å². The van der Waals surface area contributed by atoms with Crippen LogP contribution in [-0.2, 0) is 5.41 Å². The molecule has 1 aliphatic carbocycles. The molecule has 0 amide bonds. The van der Waals surface area contributed by atoms with E-state index in [1.165, 1.54) is 99.5 Å². The quantitative estimate of drug-likeness (QED) is 0.161. The van der Waals surface area contributed by atoms with E-state index in [4.69, 9.17) is 0 Å². The lowest BCUT2D eigenvalue weighted by atomic mass is 9.82. The molecule has 0 spiro atoms. The first kappa shape index (κ1) is 41.8. The van der Waals surface area contributed by atoms with Gasteiger partial charge in [-0.25, -0.2) is 0 Å². The number of aromatic nitrogens is 2. The number of H-pyrrole nitrogens is 1. The summed E-state index contributed by atoms with van der Waals surface area (Å²) in [7, 11) is 0. The molecule has 0 aliphatic heterocycles. The van der Waals surface area contributed by atoms with Crippen LogP contribution in [0.1, 0.15) is 25.0 Å². The Morgan fingerprint density at radius 3 is 1.69 bits per heavy atom. The zero-order valence-corrected chi connectivity index (χ0v) is 40.1. The Balaban J connectivity index is 0.925. The van der Waals surface area contributed by atoms with Crippen molar-refractivity contribution in [2.24, 2.45) is 0 Å². The third-order valence-corrected chi connectivity index (χ3v) is 15.3. The number of rotatable bonds is 8. The van der Waals surface area contributed by atoms with Gasteiger partial charge in [-0.2, -0.15) is 0 Å². The third-order valence-electron chi connectivity index (χ3n) is 15.3. The number of anilines is 3. The maximum absolute atomic E-state index is 3.73. The molecule has 1 N–H and O–H groups in total. The Morgan fingerprint density at radius 1 is 0.375 bits per heavy atom. The predicted molar refractivity (Wildman–Crippen MR) is 304 cm³/mol. The number of para-hydroxylation sites is 3. The number of aromatic amines is 1. The summed E-state index contributed by atoms with van der Waals surface area (Å²) in [6.45, 7) is 4.72. The fraction of sp³-hybridized carbons (Fsp3) is 0.0435. The Bertz CT molecular complexity index is 4200. The second-order valence-corrected chi connectivity index (χ2v) is 19.8. The molecule has 0 radical (unpaired) electrons. The minimum Gasteiger partial charge on any atom is -0.354 e. The maximum Gasteiger partial charge on any atom is 0.0619 e. The van der Waals surface area contributed by atoms with E-state index in [0.717, 1.165) is 33.7 Å². The SMILES string of the molecule is CC1(C)c2ccccc2-c2c(N(c3ccc(-c4ccc5c(c4)c4cc(-c6ccccc6)cc(-c6ccccc6)c4n5-c4ccccc4)cc3)c3ccc(-c4cccc5c4[nH]c4ccccc45)cc3)cccc21. The van der Waals surface area contributed by atoms with Crippen LogP contribution < -0.4 is 4.90 Å². The van der Waals surface area contributed by atoms with Gasteiger partial charge in [-0.3, -0.25) is 0 Å². The molecule has 0 saturated carbocycles. The number of nitrogens with zero attached hydrogens (tertiary/aromatic N) is 2. The molecule has 2 aromatic heterocycles. The highest BCUT2D eigenvalue weighted by molar-refractivity contribution is 6.16. The van der Waals surface area contributed by atoms with Crippen LogP contribution >= 0.6 is 0 Å². The molecular weight excluding hydrogens is 871 g/mol. The standard InChI is InChI=1S/C69H49N3/c1-69(2)61-28-14-12-25-57(61)66-62(69)29-17-31-65(66)71(53-39-34-48(35-40-53)54-26-16-27-56-55-24-13-15-30-63(55)70-67(54)56)52-37-32-46(33-38-52)49-36-41-64-59(42-49)60-44-50(45-18-6-3-7-19-45)43-58(47-20-8-4-9-21-47)68(60)72(64)51-22-10-5-11-23-51/h3-44,70H,1-2H3. The van der Waals surface area contributed by atoms with Gasteiger partial charge in [0, 0.05) is 66.2 Å². The van der Waals surface area contributed by atoms with Gasteiger partial charge in [-0.05, 0) is 123 Å². The lowest BCUT2D eigenvalue weighted by Gasteiger charge is -2.29. The van der Waals surface area contributed by atoms with Gasteiger partial charge in [-0.15, -0.1) is 0 Å². The van der Waals surface area contributed by atoms with E-state index < -0.39 is 0 Å². The van der Waals surface area contributed by atoms with E-state index in [9.17, 15) is 0 Å². The third kappa shape index (κ3) is 6.58. The summed E-state index contributed by atoms with van der Waals surface area (Å²) in [6, 6.07) is 93.6. The summed E-state index contributed by atoms with van der Waals surface area (Å²) in [5, 5.41) is 4.93. The van der Waals surface area contributed by atoms with Crippen molar-refractivity contribution in [3.8, 4) is 61.3 Å². The topological polar surface area (TPSA) is 24.0 Å². The molecule has 3 nitrogen and oxygen atoms in total. The van der Waals surface area contributed by atoms with E-state index in [1.807, 2.05) is 0 Å². The van der Waals surface area contributed by atoms with Gasteiger partial charge in [0.2, 0.25) is 0 Å². The molecule has 340 valence electrons. The number of nitrogens with one attached hydrogen (secondary N) is 1. The summed E-state index contributed by atoms with van der Waals surface area (Å²) in [5.74, 6) is 0. The molecule has 13 aromatic rings. The Morgan fingerprint density at radius 2 is 0.931 bits per heavy atom. The molecule has 11 aromatic carbocycles. The van der Waals surface area contributed by atoms with E-state index >= 15 is 0 Å². The highest BCUT2D eigenvalue weighted by Gasteiger charge is 2.37. The minimum atomic E-state index is -0.133. The van der Waals surface area contributed by atoms with Crippen LogP contribution in [0.5, 0.6) is 0 Å². The summed E-state index contributed by atoms with van der Waals surface area (Å²) < 4.78 is 2.45. The first-order chi connectivity index (χ1) is 35.5. The summed E-state index contributed by atoms with van der Waals surface area (Å²) in [6.07, 6.45) is 0. The summed E-state index contributed by atoms with van der Waals surface area (Å²) in [5.41, 5.74) is 23.9. The Kier molecular flexibility index (Phi) is 9.56. The van der Waals surface area contributed by atoms with Crippen LogP contribution in [0, 0.1) is 0 Å². The van der Waals surface area contributed by atoms with Crippen LogP contribution in [0.25, 0.3) is 105 Å². The monoisotopic (exact) mass is 919 g/mol. The average molecular weight is 920 g/mol. The predicted octanol–water partition coefficient (Wildman–Crippen LogP) is 18.9. The summed E-state index contributed by atoms with van der Waals surface area (Å²) >= 11 is 0. The number of hydrogen-bond donors (Lipinski definition) is 1. The van der Waals surface area contributed by atoms with Gasteiger partial charge in [0.25, 0.3) is 0 Å². The molecule has 2 heterocycles. The fourth-order valence-electron chi connectivity index (χ4n) is 11.9. The lowest BCUT2D eigenvalue weighted by molar-refractivity contribution is 0.660. The molecule has 72 heavy (non-hydrogen) atoms. The van der Waals surface area contributed by atoms with Crippen LogP contribution in [0.3, 0.4) is 0 Å². The van der Waals surface area contributed by atoms with E-state index in [0.29, 0.717) is 0 Å². The van der Waals surface area contributed by atoms with Gasteiger partial charge in [0.05, 0.1) is 22.2 Å². The second-order valence-electron chi connectivity index (χ2n) is 19.8. The molecule has 0 fully saturated rings. The van der Waals surface area contributed by atoms with Crippen LogP contribution in [0.2, 0.25) is 0 Å². The second kappa shape index (κ2) is 16.5. The van der Waals surface area contributed by atoms with Crippen molar-refractivity contribution in [2.75, 3.05) is 4.90 Å². The molecule has 1 aliphatic rings. The molecule has 0 bridgehead atoms. The first-order valence-corrected chi connectivity index (χ1v) is 25.0. The molecule has 0 saturated heterocycles. The van der Waals surface area contributed by atoms with E-state index in [1.54, 1.807) is 0 Å². The van der Waals surface area contributed by atoms with Crippen LogP contribution in [0.4, 0.5) is 17.1 Å².